The van der Waals surface area contributed by atoms with Crippen molar-refractivity contribution in [1.82, 2.24) is 4.98 Å². The van der Waals surface area contributed by atoms with Gasteiger partial charge in [0.1, 0.15) is 6.07 Å². The third-order valence-electron chi connectivity index (χ3n) is 1.37. The van der Waals surface area contributed by atoms with Crippen LogP contribution in [-0.4, -0.2) is 17.4 Å². The number of carbonyl (C=O) groups is 1. The Morgan fingerprint density at radius 1 is 1.77 bits per heavy atom. The molecule has 0 aliphatic carbocycles. The summed E-state index contributed by atoms with van der Waals surface area (Å²) in [6, 6.07) is 5.23. The van der Waals surface area contributed by atoms with Gasteiger partial charge in [-0.25, -0.2) is 4.98 Å². The number of amides is 1. The summed E-state index contributed by atoms with van der Waals surface area (Å²) in [6.07, 6.45) is 1.51. The van der Waals surface area contributed by atoms with Gasteiger partial charge in [0.25, 0.3) is 0 Å². The SMILES string of the molecule is N#Cc1ncccc1NCC(N)=O. The molecule has 0 fully saturated rings. The van der Waals surface area contributed by atoms with E-state index in [2.05, 4.69) is 10.3 Å². The van der Waals surface area contributed by atoms with E-state index in [1.54, 1.807) is 12.1 Å². The first-order valence-electron chi connectivity index (χ1n) is 3.61. The minimum Gasteiger partial charge on any atom is -0.374 e. The van der Waals surface area contributed by atoms with Gasteiger partial charge in [-0.15, -0.1) is 0 Å². The number of nitrogens with zero attached hydrogens (tertiary/aromatic N) is 2. The monoisotopic (exact) mass is 176 g/mol. The molecule has 1 rings (SSSR count). The van der Waals surface area contributed by atoms with E-state index in [1.807, 2.05) is 6.07 Å². The number of nitrogens with one attached hydrogen (secondary N) is 1. The quantitative estimate of drug-likeness (QED) is 0.669. The summed E-state index contributed by atoms with van der Waals surface area (Å²) in [4.78, 5) is 14.2. The number of nitriles is 1. The molecule has 0 aromatic carbocycles. The highest BCUT2D eigenvalue weighted by Crippen LogP contribution is 2.09. The predicted octanol–water partition coefficient (Wildman–Crippen LogP) is -0.150. The lowest BCUT2D eigenvalue weighted by Crippen LogP contribution is -2.22. The number of nitrogens with two attached hydrogens (primary N) is 1. The van der Waals surface area contributed by atoms with E-state index in [-0.39, 0.29) is 12.2 Å². The first kappa shape index (κ1) is 9.00. The molecule has 0 aliphatic heterocycles. The molecule has 0 bridgehead atoms. The molecule has 13 heavy (non-hydrogen) atoms. The highest BCUT2D eigenvalue weighted by Gasteiger charge is 2.01. The number of pyridine rings is 1. The smallest absolute Gasteiger partial charge is 0.236 e. The Labute approximate surface area is 75.2 Å². The largest absolute Gasteiger partial charge is 0.374 e. The Kier molecular flexibility index (Phi) is 2.82. The van der Waals surface area contributed by atoms with E-state index in [4.69, 9.17) is 11.0 Å². The molecule has 5 heteroatoms. The normalized spacial score (nSPS) is 8.85. The summed E-state index contributed by atoms with van der Waals surface area (Å²) in [5.74, 6) is -0.479. The van der Waals surface area contributed by atoms with E-state index in [0.29, 0.717) is 5.69 Å². The van der Waals surface area contributed by atoms with E-state index in [0.717, 1.165) is 0 Å². The molecule has 66 valence electrons. The second-order valence-electron chi connectivity index (χ2n) is 2.33. The van der Waals surface area contributed by atoms with Crippen LogP contribution < -0.4 is 11.1 Å². The molecular formula is C8H8N4O. The summed E-state index contributed by atoms with van der Waals surface area (Å²) in [7, 11) is 0. The van der Waals surface area contributed by atoms with Crippen molar-refractivity contribution in [1.29, 1.82) is 5.26 Å². The Morgan fingerprint density at radius 3 is 3.15 bits per heavy atom. The number of hydrogen-bond acceptors (Lipinski definition) is 4. The lowest BCUT2D eigenvalue weighted by molar-refractivity contribution is -0.116. The standard InChI is InChI=1S/C8H8N4O/c9-4-7-6(2-1-3-11-7)12-5-8(10)13/h1-3,12H,5H2,(H2,10,13). The van der Waals surface area contributed by atoms with Crippen molar-refractivity contribution in [3.63, 3.8) is 0 Å². The minimum absolute atomic E-state index is 0.000370. The van der Waals surface area contributed by atoms with Crippen LogP contribution in [0.2, 0.25) is 0 Å². The summed E-state index contributed by atoms with van der Waals surface area (Å²) in [5.41, 5.74) is 5.70. The van der Waals surface area contributed by atoms with E-state index in [9.17, 15) is 4.79 Å². The molecule has 0 aliphatic rings. The fraction of sp³-hybridized carbons (Fsp3) is 0.125. The van der Waals surface area contributed by atoms with Crippen molar-refractivity contribution in [3.8, 4) is 6.07 Å². The summed E-state index contributed by atoms with van der Waals surface area (Å²) >= 11 is 0. The van der Waals surface area contributed by atoms with Crippen molar-refractivity contribution in [2.75, 3.05) is 11.9 Å². The lowest BCUT2D eigenvalue weighted by Gasteiger charge is -2.03. The second-order valence-corrected chi connectivity index (χ2v) is 2.33. The molecule has 0 unspecified atom stereocenters. The molecule has 0 radical (unpaired) electrons. The van der Waals surface area contributed by atoms with Gasteiger partial charge in [0.05, 0.1) is 12.2 Å². The average molecular weight is 176 g/mol. The maximum absolute atomic E-state index is 10.4. The first-order chi connectivity index (χ1) is 6.24. The van der Waals surface area contributed by atoms with Gasteiger partial charge < -0.3 is 11.1 Å². The number of aromatic nitrogens is 1. The van der Waals surface area contributed by atoms with Crippen LogP contribution in [0.15, 0.2) is 18.3 Å². The number of primary amides is 1. The fourth-order valence-electron chi connectivity index (χ4n) is 0.819. The van der Waals surface area contributed by atoms with Crippen LogP contribution in [-0.2, 0) is 4.79 Å². The number of rotatable bonds is 3. The maximum Gasteiger partial charge on any atom is 0.236 e. The van der Waals surface area contributed by atoms with E-state index < -0.39 is 5.91 Å². The van der Waals surface area contributed by atoms with Gasteiger partial charge in [-0.3, -0.25) is 4.79 Å². The van der Waals surface area contributed by atoms with Crippen molar-refractivity contribution in [2.24, 2.45) is 5.73 Å². The van der Waals surface area contributed by atoms with Crippen molar-refractivity contribution in [2.45, 2.75) is 0 Å². The number of hydrogen-bond donors (Lipinski definition) is 2. The molecule has 0 spiro atoms. The summed E-state index contributed by atoms with van der Waals surface area (Å²) in [5, 5.41) is 11.3. The molecule has 3 N–H and O–H groups in total. The van der Waals surface area contributed by atoms with Gasteiger partial charge in [-0.2, -0.15) is 5.26 Å². The fourth-order valence-corrected chi connectivity index (χ4v) is 0.819. The molecule has 0 saturated carbocycles. The van der Waals surface area contributed by atoms with Gasteiger partial charge in [-0.05, 0) is 12.1 Å². The van der Waals surface area contributed by atoms with Crippen LogP contribution in [0, 0.1) is 11.3 Å². The van der Waals surface area contributed by atoms with Crippen LogP contribution in [0.4, 0.5) is 5.69 Å². The van der Waals surface area contributed by atoms with Crippen molar-refractivity contribution in [3.05, 3.63) is 24.0 Å². The zero-order valence-corrected chi connectivity index (χ0v) is 6.82. The van der Waals surface area contributed by atoms with Crippen molar-refractivity contribution >= 4 is 11.6 Å². The highest BCUT2D eigenvalue weighted by molar-refractivity contribution is 5.79. The van der Waals surface area contributed by atoms with Crippen molar-refractivity contribution < 1.29 is 4.79 Å². The second kappa shape index (κ2) is 4.07. The van der Waals surface area contributed by atoms with Gasteiger partial charge in [0.15, 0.2) is 5.69 Å². The molecule has 0 saturated heterocycles. The van der Waals surface area contributed by atoms with Gasteiger partial charge in [-0.1, -0.05) is 0 Å². The minimum atomic E-state index is -0.479. The lowest BCUT2D eigenvalue weighted by atomic mass is 10.3. The maximum atomic E-state index is 10.4. The average Bonchev–Trinajstić information content (AvgIpc) is 2.15. The highest BCUT2D eigenvalue weighted by atomic mass is 16.1. The van der Waals surface area contributed by atoms with Crippen LogP contribution in [0.1, 0.15) is 5.69 Å². The molecular weight excluding hydrogens is 168 g/mol. The Balaban J connectivity index is 2.77. The number of anilines is 1. The zero-order valence-electron chi connectivity index (χ0n) is 6.82. The van der Waals surface area contributed by atoms with Gasteiger partial charge in [0.2, 0.25) is 5.91 Å². The van der Waals surface area contributed by atoms with Crippen LogP contribution >= 0.6 is 0 Å². The van der Waals surface area contributed by atoms with Gasteiger partial charge in [0, 0.05) is 6.20 Å². The predicted molar refractivity (Wildman–Crippen MR) is 46.6 cm³/mol. The summed E-state index contributed by atoms with van der Waals surface area (Å²) < 4.78 is 0. The first-order valence-corrected chi connectivity index (χ1v) is 3.61. The Morgan fingerprint density at radius 2 is 2.54 bits per heavy atom. The van der Waals surface area contributed by atoms with E-state index in [1.165, 1.54) is 6.20 Å². The molecule has 1 aromatic heterocycles. The van der Waals surface area contributed by atoms with Crippen LogP contribution in [0.3, 0.4) is 0 Å². The summed E-state index contributed by atoms with van der Waals surface area (Å²) in [6.45, 7) is 0.000370. The molecule has 1 amide bonds. The van der Waals surface area contributed by atoms with Crippen LogP contribution in [0.25, 0.3) is 0 Å². The Hall–Kier alpha value is -2.09. The zero-order chi connectivity index (χ0) is 9.68. The third kappa shape index (κ3) is 2.45. The number of carbonyl (C=O) groups excluding carboxylic acids is 1. The van der Waals surface area contributed by atoms with Gasteiger partial charge >= 0.3 is 0 Å². The molecule has 5 nitrogen and oxygen atoms in total. The molecule has 1 heterocycles. The third-order valence-corrected chi connectivity index (χ3v) is 1.37. The van der Waals surface area contributed by atoms with E-state index >= 15 is 0 Å². The molecule has 1 aromatic rings. The topological polar surface area (TPSA) is 91.8 Å². The molecule has 0 atom stereocenters. The van der Waals surface area contributed by atoms with Crippen LogP contribution in [0.5, 0.6) is 0 Å². The Bertz CT molecular complexity index is 355.